The van der Waals surface area contributed by atoms with E-state index < -0.39 is 23.8 Å². The van der Waals surface area contributed by atoms with Crippen molar-refractivity contribution < 1.29 is 23.4 Å². The van der Waals surface area contributed by atoms with Crippen molar-refractivity contribution in [3.05, 3.63) is 0 Å². The molecule has 6 heteroatoms. The van der Waals surface area contributed by atoms with Gasteiger partial charge < -0.3 is 14.7 Å². The standard InChI is InChI=1S/C9H13F2NO3/c10-9(11)1-2-12(3-9)7(14)8(4-13)5-15-6-8/h13H,1-6H2. The lowest BCUT2D eigenvalue weighted by molar-refractivity contribution is -0.180. The SMILES string of the molecule is O=C(N1CCC(F)(F)C1)C1(CO)COC1. The number of aliphatic hydroxyl groups excluding tert-OH is 1. The molecule has 0 aliphatic carbocycles. The van der Waals surface area contributed by atoms with Crippen molar-refractivity contribution in [3.63, 3.8) is 0 Å². The van der Waals surface area contributed by atoms with Crippen molar-refractivity contribution in [2.45, 2.75) is 12.3 Å². The largest absolute Gasteiger partial charge is 0.395 e. The Morgan fingerprint density at radius 3 is 2.47 bits per heavy atom. The molecule has 4 nitrogen and oxygen atoms in total. The first-order valence-electron chi connectivity index (χ1n) is 4.85. The molecule has 0 spiro atoms. The highest BCUT2D eigenvalue weighted by molar-refractivity contribution is 5.84. The molecule has 0 unspecified atom stereocenters. The lowest BCUT2D eigenvalue weighted by Crippen LogP contribution is -2.57. The van der Waals surface area contributed by atoms with Crippen LogP contribution < -0.4 is 0 Å². The van der Waals surface area contributed by atoms with Crippen LogP contribution in [0.3, 0.4) is 0 Å². The van der Waals surface area contributed by atoms with Gasteiger partial charge in [0.15, 0.2) is 0 Å². The maximum Gasteiger partial charge on any atom is 0.267 e. The number of nitrogens with zero attached hydrogens (tertiary/aromatic N) is 1. The Balaban J connectivity index is 2.03. The molecule has 0 radical (unpaired) electrons. The molecular weight excluding hydrogens is 208 g/mol. The summed E-state index contributed by atoms with van der Waals surface area (Å²) in [5.41, 5.74) is -0.958. The average molecular weight is 221 g/mol. The number of ether oxygens (including phenoxy) is 1. The highest BCUT2D eigenvalue weighted by Gasteiger charge is 2.51. The van der Waals surface area contributed by atoms with Crippen LogP contribution in [0.2, 0.25) is 0 Å². The smallest absolute Gasteiger partial charge is 0.267 e. The fourth-order valence-corrected chi connectivity index (χ4v) is 1.88. The Kier molecular flexibility index (Phi) is 2.42. The molecule has 0 atom stereocenters. The third-order valence-corrected chi connectivity index (χ3v) is 2.97. The molecular formula is C9H13F2NO3. The monoisotopic (exact) mass is 221 g/mol. The molecule has 1 amide bonds. The molecule has 2 heterocycles. The van der Waals surface area contributed by atoms with E-state index in [0.717, 1.165) is 4.90 Å². The van der Waals surface area contributed by atoms with Gasteiger partial charge in [0.05, 0.1) is 26.4 Å². The van der Waals surface area contributed by atoms with Crippen molar-refractivity contribution in [3.8, 4) is 0 Å². The summed E-state index contributed by atoms with van der Waals surface area (Å²) in [6.07, 6.45) is -0.291. The molecule has 15 heavy (non-hydrogen) atoms. The van der Waals surface area contributed by atoms with E-state index in [0.29, 0.717) is 0 Å². The predicted molar refractivity (Wildman–Crippen MR) is 46.5 cm³/mol. The van der Waals surface area contributed by atoms with Gasteiger partial charge in [-0.1, -0.05) is 0 Å². The Bertz CT molecular complexity index is 273. The number of rotatable bonds is 2. The van der Waals surface area contributed by atoms with Gasteiger partial charge in [0.1, 0.15) is 5.41 Å². The summed E-state index contributed by atoms with van der Waals surface area (Å²) in [4.78, 5) is 12.9. The van der Waals surface area contributed by atoms with Crippen molar-refractivity contribution >= 4 is 5.91 Å². The van der Waals surface area contributed by atoms with Crippen LogP contribution in [-0.4, -0.2) is 54.7 Å². The molecule has 1 N–H and O–H groups in total. The number of halogens is 2. The number of alkyl halides is 2. The van der Waals surface area contributed by atoms with Gasteiger partial charge in [0.2, 0.25) is 5.91 Å². The number of hydrogen-bond acceptors (Lipinski definition) is 3. The highest BCUT2D eigenvalue weighted by Crippen LogP contribution is 2.34. The predicted octanol–water partition coefficient (Wildman–Crippen LogP) is -0.137. The Morgan fingerprint density at radius 2 is 2.13 bits per heavy atom. The van der Waals surface area contributed by atoms with Crippen molar-refractivity contribution in [2.75, 3.05) is 32.9 Å². The molecule has 0 aromatic rings. The van der Waals surface area contributed by atoms with Gasteiger partial charge in [-0.3, -0.25) is 4.79 Å². The highest BCUT2D eigenvalue weighted by atomic mass is 19.3. The molecule has 2 fully saturated rings. The van der Waals surface area contributed by atoms with E-state index in [1.165, 1.54) is 0 Å². The topological polar surface area (TPSA) is 49.8 Å². The van der Waals surface area contributed by atoms with Crippen LogP contribution in [0.5, 0.6) is 0 Å². The normalized spacial score (nSPS) is 27.5. The van der Waals surface area contributed by atoms with Gasteiger partial charge >= 0.3 is 0 Å². The van der Waals surface area contributed by atoms with Crippen LogP contribution in [0.25, 0.3) is 0 Å². The average Bonchev–Trinajstić information content (AvgIpc) is 2.45. The van der Waals surface area contributed by atoms with E-state index in [1.807, 2.05) is 0 Å². The summed E-state index contributed by atoms with van der Waals surface area (Å²) < 4.78 is 30.6. The first-order valence-corrected chi connectivity index (χ1v) is 4.85. The van der Waals surface area contributed by atoms with Gasteiger partial charge in [-0.05, 0) is 0 Å². The summed E-state index contributed by atoms with van der Waals surface area (Å²) in [7, 11) is 0. The molecule has 2 aliphatic heterocycles. The lowest BCUT2D eigenvalue weighted by Gasteiger charge is -2.40. The zero-order chi connectivity index (χ0) is 11.1. The maximum absolute atomic E-state index is 12.9. The number of carbonyl (C=O) groups is 1. The van der Waals surface area contributed by atoms with Crippen molar-refractivity contribution in [1.82, 2.24) is 4.90 Å². The number of likely N-dealkylation sites (tertiary alicyclic amines) is 1. The summed E-state index contributed by atoms with van der Waals surface area (Å²) in [6.45, 7) is -0.552. The van der Waals surface area contributed by atoms with Gasteiger partial charge in [-0.15, -0.1) is 0 Å². The van der Waals surface area contributed by atoms with Gasteiger partial charge in [-0.2, -0.15) is 0 Å². The van der Waals surface area contributed by atoms with E-state index in [2.05, 4.69) is 0 Å². The second-order valence-corrected chi connectivity index (χ2v) is 4.26. The van der Waals surface area contributed by atoms with Gasteiger partial charge in [0, 0.05) is 13.0 Å². The number of hydrogen-bond donors (Lipinski definition) is 1. The van der Waals surface area contributed by atoms with Crippen LogP contribution in [0.4, 0.5) is 8.78 Å². The molecule has 0 bridgehead atoms. The van der Waals surface area contributed by atoms with Gasteiger partial charge in [-0.25, -0.2) is 8.78 Å². The third-order valence-electron chi connectivity index (χ3n) is 2.97. The van der Waals surface area contributed by atoms with Crippen molar-refractivity contribution in [2.24, 2.45) is 5.41 Å². The summed E-state index contributed by atoms with van der Waals surface area (Å²) in [6, 6.07) is 0. The quantitative estimate of drug-likeness (QED) is 0.706. The van der Waals surface area contributed by atoms with E-state index in [4.69, 9.17) is 9.84 Å². The molecule has 0 aromatic carbocycles. The fraction of sp³-hybridized carbons (Fsp3) is 0.889. The Morgan fingerprint density at radius 1 is 1.47 bits per heavy atom. The summed E-state index contributed by atoms with van der Waals surface area (Å²) in [5, 5.41) is 9.08. The van der Waals surface area contributed by atoms with Crippen LogP contribution in [0.1, 0.15) is 6.42 Å². The molecule has 2 rings (SSSR count). The minimum atomic E-state index is -2.78. The Hall–Kier alpha value is -0.750. The second-order valence-electron chi connectivity index (χ2n) is 4.26. The summed E-state index contributed by atoms with van der Waals surface area (Å²) in [5.74, 6) is -3.19. The van der Waals surface area contributed by atoms with E-state index in [-0.39, 0.29) is 32.8 Å². The first kappa shape index (κ1) is 10.8. The first-order chi connectivity index (χ1) is 6.99. The fourth-order valence-electron chi connectivity index (χ4n) is 1.88. The van der Waals surface area contributed by atoms with E-state index >= 15 is 0 Å². The van der Waals surface area contributed by atoms with Crippen molar-refractivity contribution in [1.29, 1.82) is 0 Å². The van der Waals surface area contributed by atoms with E-state index in [9.17, 15) is 13.6 Å². The molecule has 2 aliphatic rings. The number of carbonyl (C=O) groups excluding carboxylic acids is 1. The van der Waals surface area contributed by atoms with E-state index in [1.54, 1.807) is 0 Å². The minimum Gasteiger partial charge on any atom is -0.395 e. The summed E-state index contributed by atoms with van der Waals surface area (Å²) >= 11 is 0. The maximum atomic E-state index is 12.9. The second kappa shape index (κ2) is 3.38. The van der Waals surface area contributed by atoms with Crippen LogP contribution in [0.15, 0.2) is 0 Å². The Labute approximate surface area is 85.8 Å². The van der Waals surface area contributed by atoms with Crippen LogP contribution in [0, 0.1) is 5.41 Å². The zero-order valence-corrected chi connectivity index (χ0v) is 8.21. The molecule has 2 saturated heterocycles. The molecule has 0 aromatic heterocycles. The van der Waals surface area contributed by atoms with Crippen LogP contribution in [-0.2, 0) is 9.53 Å². The molecule has 0 saturated carbocycles. The minimum absolute atomic E-state index is 0.0631. The molecule has 86 valence electrons. The van der Waals surface area contributed by atoms with Crippen LogP contribution >= 0.6 is 0 Å². The zero-order valence-electron chi connectivity index (χ0n) is 8.21. The third kappa shape index (κ3) is 1.72. The number of amides is 1. The number of aliphatic hydroxyl groups is 1. The lowest BCUT2D eigenvalue weighted by atomic mass is 9.85. The van der Waals surface area contributed by atoms with Gasteiger partial charge in [0.25, 0.3) is 5.92 Å².